The van der Waals surface area contributed by atoms with Crippen LogP contribution in [0.2, 0.25) is 0 Å². The largest absolute Gasteiger partial charge is 0.481 e. The second-order valence-electron chi connectivity index (χ2n) is 5.86. The number of hydrogen-bond donors (Lipinski definition) is 1. The average molecular weight is 285 g/mol. The van der Waals surface area contributed by atoms with Crippen LogP contribution in [0, 0.1) is 11.8 Å². The quantitative estimate of drug-likeness (QED) is 0.792. The smallest absolute Gasteiger partial charge is 0.319 e. The van der Waals surface area contributed by atoms with E-state index in [9.17, 15) is 9.59 Å². The van der Waals surface area contributed by atoms with Crippen molar-refractivity contribution in [1.29, 1.82) is 0 Å². The monoisotopic (exact) mass is 285 g/mol. The highest BCUT2D eigenvalue weighted by atomic mass is 16.4. The molecule has 0 aliphatic carbocycles. The van der Waals surface area contributed by atoms with Gasteiger partial charge in [-0.1, -0.05) is 6.92 Å². The van der Waals surface area contributed by atoms with E-state index in [1.807, 2.05) is 6.92 Å². The van der Waals surface area contributed by atoms with E-state index in [-0.39, 0.29) is 12.6 Å². The van der Waals surface area contributed by atoms with Crippen LogP contribution in [0.5, 0.6) is 0 Å². The van der Waals surface area contributed by atoms with Gasteiger partial charge in [0, 0.05) is 33.2 Å². The van der Waals surface area contributed by atoms with Gasteiger partial charge in [0.25, 0.3) is 0 Å². The minimum atomic E-state index is -0.865. The Bertz CT molecular complexity index is 349. The van der Waals surface area contributed by atoms with E-state index in [0.717, 1.165) is 26.1 Å². The molecule has 2 amide bonds. The molecule has 1 fully saturated rings. The molecule has 1 saturated heterocycles. The molecule has 116 valence electrons. The van der Waals surface area contributed by atoms with E-state index < -0.39 is 11.9 Å². The first-order chi connectivity index (χ1) is 9.35. The Kier molecular flexibility index (Phi) is 6.26. The molecule has 2 unspecified atom stereocenters. The number of carboxylic acids is 1. The fourth-order valence-electron chi connectivity index (χ4n) is 2.63. The third-order valence-corrected chi connectivity index (χ3v) is 3.92. The van der Waals surface area contributed by atoms with E-state index in [0.29, 0.717) is 12.5 Å². The Labute approximate surface area is 121 Å². The van der Waals surface area contributed by atoms with Crippen molar-refractivity contribution in [1.82, 2.24) is 14.7 Å². The number of urea groups is 1. The highest BCUT2D eigenvalue weighted by molar-refractivity contribution is 5.76. The van der Waals surface area contributed by atoms with Gasteiger partial charge in [0.1, 0.15) is 0 Å². The maximum atomic E-state index is 12.3. The molecule has 20 heavy (non-hydrogen) atoms. The number of carbonyl (C=O) groups excluding carboxylic acids is 1. The third-order valence-electron chi connectivity index (χ3n) is 3.92. The van der Waals surface area contributed by atoms with E-state index in [2.05, 4.69) is 11.9 Å². The maximum absolute atomic E-state index is 12.3. The van der Waals surface area contributed by atoms with Gasteiger partial charge in [-0.3, -0.25) is 4.79 Å². The molecule has 0 spiro atoms. The molecule has 0 aromatic rings. The van der Waals surface area contributed by atoms with Crippen LogP contribution in [0.1, 0.15) is 20.3 Å². The van der Waals surface area contributed by atoms with Gasteiger partial charge in [0.05, 0.1) is 5.92 Å². The van der Waals surface area contributed by atoms with Crippen LogP contribution in [0.25, 0.3) is 0 Å². The zero-order valence-corrected chi connectivity index (χ0v) is 13.0. The average Bonchev–Trinajstić information content (AvgIpc) is 2.79. The van der Waals surface area contributed by atoms with Gasteiger partial charge in [0.2, 0.25) is 0 Å². The molecule has 0 saturated carbocycles. The molecule has 0 radical (unpaired) electrons. The molecule has 1 heterocycles. The van der Waals surface area contributed by atoms with Crippen molar-refractivity contribution in [3.05, 3.63) is 0 Å². The Hall–Kier alpha value is -1.30. The van der Waals surface area contributed by atoms with Crippen LogP contribution < -0.4 is 0 Å². The van der Waals surface area contributed by atoms with Crippen molar-refractivity contribution >= 4 is 12.0 Å². The van der Waals surface area contributed by atoms with Crippen molar-refractivity contribution in [3.63, 3.8) is 0 Å². The first-order valence-electron chi connectivity index (χ1n) is 7.26. The van der Waals surface area contributed by atoms with E-state index in [4.69, 9.17) is 5.11 Å². The summed E-state index contributed by atoms with van der Waals surface area (Å²) in [5.74, 6) is -0.884. The predicted octanol–water partition coefficient (Wildman–Crippen LogP) is 1.03. The van der Waals surface area contributed by atoms with Gasteiger partial charge < -0.3 is 19.8 Å². The van der Waals surface area contributed by atoms with Crippen molar-refractivity contribution < 1.29 is 14.7 Å². The number of carboxylic acid groups (broad SMARTS) is 1. The molecule has 2 atom stereocenters. The fourth-order valence-corrected chi connectivity index (χ4v) is 2.63. The van der Waals surface area contributed by atoms with Gasteiger partial charge in [-0.15, -0.1) is 0 Å². The molecule has 1 aliphatic rings. The van der Waals surface area contributed by atoms with Gasteiger partial charge in [-0.05, 0) is 32.9 Å². The maximum Gasteiger partial charge on any atom is 0.319 e. The number of carbonyl (C=O) groups is 2. The molecule has 0 aromatic heterocycles. The van der Waals surface area contributed by atoms with Crippen molar-refractivity contribution in [2.75, 3.05) is 46.8 Å². The third kappa shape index (κ3) is 4.67. The highest BCUT2D eigenvalue weighted by Gasteiger charge is 2.26. The lowest BCUT2D eigenvalue weighted by Crippen LogP contribution is -2.45. The first-order valence-corrected chi connectivity index (χ1v) is 7.26. The normalized spacial score (nSPS) is 20.7. The summed E-state index contributed by atoms with van der Waals surface area (Å²) in [5, 5.41) is 8.95. The zero-order valence-electron chi connectivity index (χ0n) is 13.0. The van der Waals surface area contributed by atoms with Crippen LogP contribution in [0.3, 0.4) is 0 Å². The molecule has 0 aromatic carbocycles. The van der Waals surface area contributed by atoms with Crippen LogP contribution in [-0.2, 0) is 4.79 Å². The lowest BCUT2D eigenvalue weighted by atomic mass is 10.1. The number of amides is 2. The van der Waals surface area contributed by atoms with Crippen molar-refractivity contribution in [2.45, 2.75) is 20.3 Å². The van der Waals surface area contributed by atoms with E-state index in [1.165, 1.54) is 0 Å². The minimum Gasteiger partial charge on any atom is -0.481 e. The van der Waals surface area contributed by atoms with Gasteiger partial charge in [-0.2, -0.15) is 0 Å². The lowest BCUT2D eigenvalue weighted by molar-refractivity contribution is -0.141. The standard InChI is InChI=1S/C14H27N3O3/c1-5-17(8-11(2)13(18)19)14(20)16(4)10-12-6-7-15(3)9-12/h11-12H,5-10H2,1-4H3,(H,18,19). The van der Waals surface area contributed by atoms with Crippen LogP contribution in [0.4, 0.5) is 4.79 Å². The number of nitrogens with zero attached hydrogens (tertiary/aromatic N) is 3. The first kappa shape index (κ1) is 16.8. The Morgan fingerprint density at radius 2 is 2.10 bits per heavy atom. The van der Waals surface area contributed by atoms with Gasteiger partial charge in [-0.25, -0.2) is 4.79 Å². The summed E-state index contributed by atoms with van der Waals surface area (Å²) in [6, 6.07) is -0.0739. The molecule has 0 bridgehead atoms. The summed E-state index contributed by atoms with van der Waals surface area (Å²) in [6.45, 7) is 7.15. The summed E-state index contributed by atoms with van der Waals surface area (Å²) in [7, 11) is 3.89. The Balaban J connectivity index is 2.50. The van der Waals surface area contributed by atoms with Crippen molar-refractivity contribution in [2.24, 2.45) is 11.8 Å². The lowest BCUT2D eigenvalue weighted by Gasteiger charge is -2.30. The molecular weight excluding hydrogens is 258 g/mol. The SMILES string of the molecule is CCN(CC(C)C(=O)O)C(=O)N(C)CC1CCN(C)C1. The predicted molar refractivity (Wildman–Crippen MR) is 77.7 cm³/mol. The number of likely N-dealkylation sites (tertiary alicyclic amines) is 1. The zero-order chi connectivity index (χ0) is 15.3. The molecular formula is C14H27N3O3. The summed E-state index contributed by atoms with van der Waals surface area (Å²) in [5.41, 5.74) is 0. The van der Waals surface area contributed by atoms with Gasteiger partial charge >= 0.3 is 12.0 Å². The van der Waals surface area contributed by atoms with Gasteiger partial charge in [0.15, 0.2) is 0 Å². The number of aliphatic carboxylic acids is 1. The van der Waals surface area contributed by atoms with Crippen LogP contribution in [0.15, 0.2) is 0 Å². The molecule has 1 N–H and O–H groups in total. The van der Waals surface area contributed by atoms with Crippen LogP contribution >= 0.6 is 0 Å². The minimum absolute atomic E-state index is 0.0739. The van der Waals surface area contributed by atoms with E-state index in [1.54, 1.807) is 23.8 Å². The van der Waals surface area contributed by atoms with Crippen molar-refractivity contribution in [3.8, 4) is 0 Å². The highest BCUT2D eigenvalue weighted by Crippen LogP contribution is 2.16. The Morgan fingerprint density at radius 1 is 1.45 bits per heavy atom. The molecule has 1 aliphatic heterocycles. The summed E-state index contributed by atoms with van der Waals surface area (Å²) in [4.78, 5) is 28.9. The fraction of sp³-hybridized carbons (Fsp3) is 0.857. The van der Waals surface area contributed by atoms with E-state index >= 15 is 0 Å². The van der Waals surface area contributed by atoms with Crippen LogP contribution in [-0.4, -0.2) is 78.6 Å². The number of hydrogen-bond acceptors (Lipinski definition) is 3. The second-order valence-corrected chi connectivity index (χ2v) is 5.86. The molecule has 6 nitrogen and oxygen atoms in total. The molecule has 1 rings (SSSR count). The summed E-state index contributed by atoms with van der Waals surface area (Å²) < 4.78 is 0. The topological polar surface area (TPSA) is 64.1 Å². The summed E-state index contributed by atoms with van der Waals surface area (Å²) >= 11 is 0. The summed E-state index contributed by atoms with van der Waals surface area (Å²) in [6.07, 6.45) is 1.12. The number of rotatable bonds is 6. The molecule has 6 heteroatoms. The second kappa shape index (κ2) is 7.47. The Morgan fingerprint density at radius 3 is 2.55 bits per heavy atom.